The van der Waals surface area contributed by atoms with E-state index in [1.807, 2.05) is 49.4 Å². The lowest BCUT2D eigenvalue weighted by atomic mass is 10.2. The van der Waals surface area contributed by atoms with E-state index in [0.717, 1.165) is 40.0 Å². The van der Waals surface area contributed by atoms with Gasteiger partial charge in [0, 0.05) is 29.9 Å². The van der Waals surface area contributed by atoms with Gasteiger partial charge in [-0.3, -0.25) is 4.79 Å². The van der Waals surface area contributed by atoms with Gasteiger partial charge in [0.25, 0.3) is 5.91 Å². The van der Waals surface area contributed by atoms with Gasteiger partial charge in [-0.25, -0.2) is 4.98 Å². The summed E-state index contributed by atoms with van der Waals surface area (Å²) in [7, 11) is 0. The molecule has 4 aromatic rings. The Bertz CT molecular complexity index is 1050. The molecule has 27 heavy (non-hydrogen) atoms. The SMILES string of the molecule is CCOc1ccc2cc(C(=O)NCCCc3nc4ccccc4s3)[nH]c2c1. The Morgan fingerprint density at radius 1 is 1.22 bits per heavy atom. The molecule has 6 heteroatoms. The average Bonchev–Trinajstić information content (AvgIpc) is 3.28. The second-order valence-corrected chi connectivity index (χ2v) is 7.42. The van der Waals surface area contributed by atoms with Crippen molar-refractivity contribution in [3.63, 3.8) is 0 Å². The summed E-state index contributed by atoms with van der Waals surface area (Å²) in [6, 6.07) is 15.8. The van der Waals surface area contributed by atoms with Crippen LogP contribution in [0.25, 0.3) is 21.1 Å². The molecule has 0 saturated heterocycles. The number of para-hydroxylation sites is 1. The highest BCUT2D eigenvalue weighted by Gasteiger charge is 2.10. The molecule has 0 fully saturated rings. The van der Waals surface area contributed by atoms with Crippen LogP contribution in [-0.4, -0.2) is 29.0 Å². The molecule has 138 valence electrons. The second kappa shape index (κ2) is 7.80. The van der Waals surface area contributed by atoms with Crippen LogP contribution in [0.5, 0.6) is 5.75 Å². The standard InChI is InChI=1S/C21H21N3O2S/c1-2-26-15-10-9-14-12-18(23-17(14)13-15)21(25)22-11-5-8-20-24-16-6-3-4-7-19(16)27-20/h3-4,6-7,9-10,12-13,23H,2,5,8,11H2,1H3,(H,22,25). The number of ether oxygens (including phenoxy) is 1. The molecule has 0 bridgehead atoms. The number of amides is 1. The molecular weight excluding hydrogens is 358 g/mol. The molecule has 4 rings (SSSR count). The van der Waals surface area contributed by atoms with Gasteiger partial charge in [-0.2, -0.15) is 0 Å². The number of nitrogens with one attached hydrogen (secondary N) is 2. The van der Waals surface area contributed by atoms with Gasteiger partial charge < -0.3 is 15.0 Å². The van der Waals surface area contributed by atoms with E-state index in [2.05, 4.69) is 21.4 Å². The van der Waals surface area contributed by atoms with E-state index in [4.69, 9.17) is 4.74 Å². The number of aromatic nitrogens is 2. The zero-order chi connectivity index (χ0) is 18.6. The van der Waals surface area contributed by atoms with E-state index in [0.29, 0.717) is 18.8 Å². The summed E-state index contributed by atoms with van der Waals surface area (Å²) in [5.74, 6) is 0.711. The van der Waals surface area contributed by atoms with E-state index in [9.17, 15) is 4.79 Å². The highest BCUT2D eigenvalue weighted by molar-refractivity contribution is 7.18. The first-order valence-electron chi connectivity index (χ1n) is 9.11. The summed E-state index contributed by atoms with van der Waals surface area (Å²) >= 11 is 1.72. The van der Waals surface area contributed by atoms with Crippen LogP contribution < -0.4 is 10.1 Å². The number of aryl methyl sites for hydroxylation is 1. The normalized spacial score (nSPS) is 11.1. The quantitative estimate of drug-likeness (QED) is 0.463. The van der Waals surface area contributed by atoms with Crippen molar-refractivity contribution in [1.29, 1.82) is 0 Å². The lowest BCUT2D eigenvalue weighted by molar-refractivity contribution is 0.0949. The number of rotatable bonds is 7. The van der Waals surface area contributed by atoms with Gasteiger partial charge in [0.1, 0.15) is 11.4 Å². The molecule has 1 amide bonds. The average molecular weight is 379 g/mol. The second-order valence-electron chi connectivity index (χ2n) is 6.30. The lowest BCUT2D eigenvalue weighted by Crippen LogP contribution is -2.25. The van der Waals surface area contributed by atoms with Crippen molar-refractivity contribution < 1.29 is 9.53 Å². The fourth-order valence-corrected chi connectivity index (χ4v) is 4.06. The number of H-pyrrole nitrogens is 1. The maximum Gasteiger partial charge on any atom is 0.267 e. The molecule has 0 unspecified atom stereocenters. The van der Waals surface area contributed by atoms with Crippen LogP contribution in [0, 0.1) is 0 Å². The molecule has 0 saturated carbocycles. The number of carbonyl (C=O) groups excluding carboxylic acids is 1. The Balaban J connectivity index is 1.33. The Kier molecular flexibility index (Phi) is 5.07. The predicted molar refractivity (Wildman–Crippen MR) is 110 cm³/mol. The lowest BCUT2D eigenvalue weighted by Gasteiger charge is -2.02. The Hall–Kier alpha value is -2.86. The molecule has 0 aliphatic carbocycles. The van der Waals surface area contributed by atoms with Crippen molar-refractivity contribution in [2.45, 2.75) is 19.8 Å². The third-order valence-electron chi connectivity index (χ3n) is 4.34. The van der Waals surface area contributed by atoms with Crippen LogP contribution in [0.1, 0.15) is 28.8 Å². The van der Waals surface area contributed by atoms with E-state index < -0.39 is 0 Å². The first-order chi connectivity index (χ1) is 13.2. The van der Waals surface area contributed by atoms with Gasteiger partial charge in [-0.1, -0.05) is 12.1 Å². The number of benzene rings is 2. The summed E-state index contributed by atoms with van der Waals surface area (Å²) in [6.07, 6.45) is 1.73. The Morgan fingerprint density at radius 2 is 2.11 bits per heavy atom. The molecule has 2 aromatic heterocycles. The van der Waals surface area contributed by atoms with Crippen LogP contribution in [-0.2, 0) is 6.42 Å². The molecule has 0 atom stereocenters. The molecule has 0 radical (unpaired) electrons. The molecular formula is C21H21N3O2S. The molecule has 2 aromatic carbocycles. The van der Waals surface area contributed by atoms with Crippen molar-refractivity contribution in [1.82, 2.24) is 15.3 Å². The summed E-state index contributed by atoms with van der Waals surface area (Å²) < 4.78 is 6.71. The maximum absolute atomic E-state index is 12.4. The fraction of sp³-hybridized carbons (Fsp3) is 0.238. The number of carbonyl (C=O) groups is 1. The van der Waals surface area contributed by atoms with E-state index in [1.54, 1.807) is 11.3 Å². The van der Waals surface area contributed by atoms with Crippen molar-refractivity contribution in [2.75, 3.05) is 13.2 Å². The third kappa shape index (κ3) is 3.95. The third-order valence-corrected chi connectivity index (χ3v) is 5.44. The first kappa shape index (κ1) is 17.5. The van der Waals surface area contributed by atoms with E-state index in [1.165, 1.54) is 4.70 Å². The van der Waals surface area contributed by atoms with Crippen molar-refractivity contribution >= 4 is 38.4 Å². The maximum atomic E-state index is 12.4. The van der Waals surface area contributed by atoms with Gasteiger partial charge in [0.05, 0.1) is 21.8 Å². The number of hydrogen-bond donors (Lipinski definition) is 2. The molecule has 2 N–H and O–H groups in total. The number of thiazole rings is 1. The fourth-order valence-electron chi connectivity index (χ4n) is 3.05. The topological polar surface area (TPSA) is 67.0 Å². The number of hydrogen-bond acceptors (Lipinski definition) is 4. The molecule has 5 nitrogen and oxygen atoms in total. The minimum atomic E-state index is -0.0894. The summed E-state index contributed by atoms with van der Waals surface area (Å²) in [5, 5.41) is 5.09. The molecule has 2 heterocycles. The highest BCUT2D eigenvalue weighted by atomic mass is 32.1. The smallest absolute Gasteiger partial charge is 0.267 e. The van der Waals surface area contributed by atoms with E-state index >= 15 is 0 Å². The van der Waals surface area contributed by atoms with Crippen molar-refractivity contribution in [3.05, 3.63) is 59.2 Å². The van der Waals surface area contributed by atoms with Gasteiger partial charge in [0.15, 0.2) is 0 Å². The zero-order valence-corrected chi connectivity index (χ0v) is 15.9. The van der Waals surface area contributed by atoms with Crippen molar-refractivity contribution in [3.8, 4) is 5.75 Å². The summed E-state index contributed by atoms with van der Waals surface area (Å²) in [5.41, 5.74) is 2.52. The predicted octanol–water partition coefficient (Wildman–Crippen LogP) is 4.54. The molecule has 0 aliphatic rings. The van der Waals surface area contributed by atoms with E-state index in [-0.39, 0.29) is 5.91 Å². The number of fused-ring (bicyclic) bond motifs is 2. The minimum Gasteiger partial charge on any atom is -0.494 e. The van der Waals surface area contributed by atoms with Crippen LogP contribution in [0.4, 0.5) is 0 Å². The number of nitrogens with zero attached hydrogens (tertiary/aromatic N) is 1. The molecule has 0 spiro atoms. The first-order valence-corrected chi connectivity index (χ1v) is 9.93. The molecule has 0 aliphatic heterocycles. The Morgan fingerprint density at radius 3 is 2.96 bits per heavy atom. The van der Waals surface area contributed by atoms with Crippen LogP contribution in [0.2, 0.25) is 0 Å². The monoisotopic (exact) mass is 379 g/mol. The minimum absolute atomic E-state index is 0.0894. The number of aromatic amines is 1. The van der Waals surface area contributed by atoms with Crippen LogP contribution >= 0.6 is 11.3 Å². The summed E-state index contributed by atoms with van der Waals surface area (Å²) in [6.45, 7) is 3.19. The van der Waals surface area contributed by atoms with Crippen LogP contribution in [0.15, 0.2) is 48.5 Å². The van der Waals surface area contributed by atoms with Gasteiger partial charge in [-0.05, 0) is 43.7 Å². The van der Waals surface area contributed by atoms with Gasteiger partial charge in [0.2, 0.25) is 0 Å². The largest absolute Gasteiger partial charge is 0.494 e. The van der Waals surface area contributed by atoms with Gasteiger partial charge >= 0.3 is 0 Å². The van der Waals surface area contributed by atoms with Gasteiger partial charge in [-0.15, -0.1) is 11.3 Å². The van der Waals surface area contributed by atoms with Crippen LogP contribution in [0.3, 0.4) is 0 Å². The summed E-state index contributed by atoms with van der Waals surface area (Å²) in [4.78, 5) is 20.2. The highest BCUT2D eigenvalue weighted by Crippen LogP contribution is 2.23. The Labute approximate surface area is 161 Å². The van der Waals surface area contributed by atoms with Crippen molar-refractivity contribution in [2.24, 2.45) is 0 Å². The zero-order valence-electron chi connectivity index (χ0n) is 15.1.